The van der Waals surface area contributed by atoms with Crippen LogP contribution in [0.25, 0.3) is 0 Å². The molecule has 0 spiro atoms. The fraction of sp³-hybridized carbons (Fsp3) is 0.476. The largest absolute Gasteiger partial charge is 0.383 e. The quantitative estimate of drug-likeness (QED) is 0.297. The number of ether oxygens (including phenoxy) is 1. The maximum atomic E-state index is 10.7. The van der Waals surface area contributed by atoms with E-state index < -0.39 is 5.60 Å². The lowest BCUT2D eigenvalue weighted by atomic mass is 9.95. The molecule has 0 amide bonds. The van der Waals surface area contributed by atoms with E-state index >= 15 is 0 Å². The molecule has 1 saturated heterocycles. The fourth-order valence-corrected chi connectivity index (χ4v) is 4.10. The van der Waals surface area contributed by atoms with Gasteiger partial charge in [-0.3, -0.25) is 0 Å². The summed E-state index contributed by atoms with van der Waals surface area (Å²) in [6.45, 7) is 6.50. The lowest BCUT2D eigenvalue weighted by Crippen LogP contribution is -2.41. The normalized spacial score (nSPS) is 21.6. The van der Waals surface area contributed by atoms with Gasteiger partial charge in [0.1, 0.15) is 5.60 Å². The molecule has 1 aliphatic rings. The Morgan fingerprint density at radius 1 is 1.25 bits per heavy atom. The van der Waals surface area contributed by atoms with Crippen LogP contribution in [0.3, 0.4) is 0 Å². The molecular weight excluding hydrogens is 485 g/mol. The van der Waals surface area contributed by atoms with E-state index in [-0.39, 0.29) is 30.1 Å². The standard InChI is InChI=1S/C21H29N3O2S.HI/c1-3-22-20(24-15-21(2,25)18-10-7-13-27-18)23-14-17-11-12-26-19(17)16-8-5-4-6-9-16;/h4-10,13,17,19,25H,3,11-12,14-15H2,1-2H3,(H2,22,23,24);1H. The minimum atomic E-state index is -0.959. The van der Waals surface area contributed by atoms with E-state index in [0.717, 1.165) is 37.0 Å². The molecule has 0 bridgehead atoms. The highest BCUT2D eigenvalue weighted by atomic mass is 127. The molecule has 0 saturated carbocycles. The van der Waals surface area contributed by atoms with Gasteiger partial charge in [-0.15, -0.1) is 35.3 Å². The van der Waals surface area contributed by atoms with Crippen molar-refractivity contribution in [2.24, 2.45) is 10.9 Å². The number of aliphatic hydroxyl groups is 1. The van der Waals surface area contributed by atoms with Gasteiger partial charge in [0, 0.05) is 30.5 Å². The first-order valence-corrected chi connectivity index (χ1v) is 10.4. The summed E-state index contributed by atoms with van der Waals surface area (Å²) in [5, 5.41) is 19.4. The first kappa shape index (κ1) is 23.1. The average Bonchev–Trinajstić information content (AvgIpc) is 3.37. The molecule has 3 unspecified atom stereocenters. The monoisotopic (exact) mass is 515 g/mol. The third-order valence-corrected chi connectivity index (χ3v) is 5.94. The molecule has 3 atom stereocenters. The van der Waals surface area contributed by atoms with Crippen LogP contribution in [0.4, 0.5) is 0 Å². The Labute approximate surface area is 188 Å². The van der Waals surface area contributed by atoms with Crippen LogP contribution in [0.15, 0.2) is 52.8 Å². The van der Waals surface area contributed by atoms with Gasteiger partial charge in [-0.2, -0.15) is 0 Å². The molecule has 1 aromatic carbocycles. The van der Waals surface area contributed by atoms with Crippen LogP contribution >= 0.6 is 35.3 Å². The van der Waals surface area contributed by atoms with Crippen molar-refractivity contribution in [3.8, 4) is 0 Å². The summed E-state index contributed by atoms with van der Waals surface area (Å²) in [4.78, 5) is 5.54. The van der Waals surface area contributed by atoms with Gasteiger partial charge in [0.05, 0.1) is 12.6 Å². The topological polar surface area (TPSA) is 65.9 Å². The Hall–Kier alpha value is -1.16. The van der Waals surface area contributed by atoms with Gasteiger partial charge in [-0.1, -0.05) is 36.4 Å². The molecular formula is C21H30IN3O2S. The molecule has 5 nitrogen and oxygen atoms in total. The molecule has 2 aromatic rings. The average molecular weight is 515 g/mol. The molecule has 0 aliphatic carbocycles. The van der Waals surface area contributed by atoms with Gasteiger partial charge < -0.3 is 20.5 Å². The van der Waals surface area contributed by atoms with Crippen molar-refractivity contribution in [1.82, 2.24) is 10.6 Å². The number of rotatable bonds is 7. The second-order valence-electron chi connectivity index (χ2n) is 7.08. The van der Waals surface area contributed by atoms with Crippen molar-refractivity contribution < 1.29 is 9.84 Å². The third-order valence-electron chi connectivity index (χ3n) is 4.82. The molecule has 2 heterocycles. The van der Waals surface area contributed by atoms with Crippen LogP contribution in [0.5, 0.6) is 0 Å². The summed E-state index contributed by atoms with van der Waals surface area (Å²) in [7, 11) is 0. The third kappa shape index (κ3) is 6.17. The van der Waals surface area contributed by atoms with E-state index in [4.69, 9.17) is 4.74 Å². The number of nitrogens with zero attached hydrogens (tertiary/aromatic N) is 1. The van der Waals surface area contributed by atoms with Gasteiger partial charge in [-0.05, 0) is 37.3 Å². The molecule has 1 aromatic heterocycles. The number of benzene rings is 1. The molecule has 3 N–H and O–H groups in total. The molecule has 7 heteroatoms. The van der Waals surface area contributed by atoms with Crippen molar-refractivity contribution in [2.45, 2.75) is 32.0 Å². The summed E-state index contributed by atoms with van der Waals surface area (Å²) < 4.78 is 5.97. The van der Waals surface area contributed by atoms with E-state index in [0.29, 0.717) is 12.5 Å². The number of halogens is 1. The summed E-state index contributed by atoms with van der Waals surface area (Å²) in [6.07, 6.45) is 1.15. The second-order valence-corrected chi connectivity index (χ2v) is 8.03. The summed E-state index contributed by atoms with van der Waals surface area (Å²) in [5.41, 5.74) is 0.267. The SMILES string of the molecule is CCNC(=NCC(C)(O)c1cccs1)NCC1CCOC1c1ccccc1.I. The summed E-state index contributed by atoms with van der Waals surface area (Å²) >= 11 is 1.55. The Kier molecular flexibility index (Phi) is 9.20. The van der Waals surface area contributed by atoms with Gasteiger partial charge in [-0.25, -0.2) is 4.99 Å². The highest BCUT2D eigenvalue weighted by Crippen LogP contribution is 2.33. The Morgan fingerprint density at radius 3 is 2.71 bits per heavy atom. The van der Waals surface area contributed by atoms with E-state index in [9.17, 15) is 5.11 Å². The van der Waals surface area contributed by atoms with Crippen molar-refractivity contribution in [3.05, 3.63) is 58.3 Å². The van der Waals surface area contributed by atoms with Gasteiger partial charge in [0.15, 0.2) is 5.96 Å². The van der Waals surface area contributed by atoms with Crippen LogP contribution in [0.2, 0.25) is 0 Å². The number of aliphatic imine (C=N–C) groups is 1. The van der Waals surface area contributed by atoms with Gasteiger partial charge >= 0.3 is 0 Å². The molecule has 0 radical (unpaired) electrons. The molecule has 1 fully saturated rings. The highest BCUT2D eigenvalue weighted by Gasteiger charge is 2.29. The number of hydrogen-bond donors (Lipinski definition) is 3. The minimum Gasteiger partial charge on any atom is -0.383 e. The molecule has 28 heavy (non-hydrogen) atoms. The predicted octanol–water partition coefficient (Wildman–Crippen LogP) is 3.91. The molecule has 154 valence electrons. The van der Waals surface area contributed by atoms with E-state index in [2.05, 4.69) is 39.9 Å². The Bertz CT molecular complexity index is 723. The maximum Gasteiger partial charge on any atom is 0.191 e. The van der Waals surface area contributed by atoms with Crippen molar-refractivity contribution >= 4 is 41.3 Å². The zero-order valence-corrected chi connectivity index (χ0v) is 19.6. The molecule has 1 aliphatic heterocycles. The first-order chi connectivity index (χ1) is 13.1. The van der Waals surface area contributed by atoms with Crippen molar-refractivity contribution in [3.63, 3.8) is 0 Å². The smallest absolute Gasteiger partial charge is 0.191 e. The Balaban J connectivity index is 0.00000280. The lowest BCUT2D eigenvalue weighted by Gasteiger charge is -2.22. The van der Waals surface area contributed by atoms with Gasteiger partial charge in [0.2, 0.25) is 0 Å². The summed E-state index contributed by atoms with van der Waals surface area (Å²) in [6, 6.07) is 14.3. The highest BCUT2D eigenvalue weighted by molar-refractivity contribution is 14.0. The number of hydrogen-bond acceptors (Lipinski definition) is 4. The van der Waals surface area contributed by atoms with Crippen LogP contribution < -0.4 is 10.6 Å². The predicted molar refractivity (Wildman–Crippen MR) is 127 cm³/mol. The lowest BCUT2D eigenvalue weighted by molar-refractivity contribution is 0.0710. The first-order valence-electron chi connectivity index (χ1n) is 9.55. The zero-order chi connectivity index (χ0) is 19.1. The van der Waals surface area contributed by atoms with E-state index in [1.54, 1.807) is 11.3 Å². The Morgan fingerprint density at radius 2 is 2.04 bits per heavy atom. The van der Waals surface area contributed by atoms with E-state index in [1.165, 1.54) is 5.56 Å². The van der Waals surface area contributed by atoms with E-state index in [1.807, 2.05) is 37.4 Å². The summed E-state index contributed by atoms with van der Waals surface area (Å²) in [5.74, 6) is 1.13. The minimum absolute atomic E-state index is 0. The second kappa shape index (κ2) is 11.1. The maximum absolute atomic E-state index is 10.7. The zero-order valence-electron chi connectivity index (χ0n) is 16.4. The van der Waals surface area contributed by atoms with Crippen molar-refractivity contribution in [2.75, 3.05) is 26.2 Å². The fourth-order valence-electron chi connectivity index (χ4n) is 3.32. The van der Waals surface area contributed by atoms with Gasteiger partial charge in [0.25, 0.3) is 0 Å². The van der Waals surface area contributed by atoms with Crippen molar-refractivity contribution in [1.29, 1.82) is 0 Å². The van der Waals surface area contributed by atoms with Crippen LogP contribution in [0, 0.1) is 5.92 Å². The van der Waals surface area contributed by atoms with Crippen LogP contribution in [0.1, 0.15) is 36.8 Å². The van der Waals surface area contributed by atoms with Crippen LogP contribution in [-0.4, -0.2) is 37.3 Å². The molecule has 3 rings (SSSR count). The number of thiophene rings is 1. The number of guanidine groups is 1. The van der Waals surface area contributed by atoms with Crippen LogP contribution in [-0.2, 0) is 10.3 Å². The number of nitrogens with one attached hydrogen (secondary N) is 2.